The highest BCUT2D eigenvalue weighted by Gasteiger charge is 2.32. The summed E-state index contributed by atoms with van der Waals surface area (Å²) in [7, 11) is -0.961. The molecule has 3 rings (SSSR count). The quantitative estimate of drug-likeness (QED) is 0.0473. The Morgan fingerprint density at radius 1 is 0.887 bits per heavy atom. The number of methoxy groups -OCH3 is 1. The normalized spacial score (nSPS) is 13.7. The first kappa shape index (κ1) is 44.0. The molecule has 0 fully saturated rings. The average molecular weight is 754 g/mol. The van der Waals surface area contributed by atoms with E-state index < -0.39 is 20.3 Å². The Hall–Kier alpha value is -3.42. The number of nitrogens with zero attached hydrogens (tertiary/aromatic N) is 6. The van der Waals surface area contributed by atoms with Gasteiger partial charge in [0.15, 0.2) is 11.4 Å². The summed E-state index contributed by atoms with van der Waals surface area (Å²) < 4.78 is 30.4. The predicted octanol–water partition coefficient (Wildman–Crippen LogP) is 8.40. The van der Waals surface area contributed by atoms with E-state index in [-0.39, 0.29) is 37.8 Å². The molecule has 0 bridgehead atoms. The van der Waals surface area contributed by atoms with E-state index in [1.165, 1.54) is 103 Å². The summed E-state index contributed by atoms with van der Waals surface area (Å²) >= 11 is 0. The highest BCUT2D eigenvalue weighted by molar-refractivity contribution is 7.40. The summed E-state index contributed by atoms with van der Waals surface area (Å²) in [5.41, 5.74) is 6.31. The van der Waals surface area contributed by atoms with Gasteiger partial charge >= 0.3 is 8.60 Å². The number of fused-ring (bicyclic) bond motifs is 1. The molecule has 3 aromatic rings. The average Bonchev–Trinajstić information content (AvgIpc) is 3.61. The summed E-state index contributed by atoms with van der Waals surface area (Å²) in [6, 6.07) is 12.8. The lowest BCUT2D eigenvalue weighted by molar-refractivity contribution is -0.0158. The number of nitriles is 2. The van der Waals surface area contributed by atoms with Crippen LogP contribution in [-0.4, -0.2) is 69.7 Å². The van der Waals surface area contributed by atoms with E-state index in [1.807, 2.05) is 18.2 Å². The molecule has 0 aromatic carbocycles. The first-order chi connectivity index (χ1) is 25.9. The number of anilines is 1. The molecule has 3 N–H and O–H groups in total. The van der Waals surface area contributed by atoms with Crippen LogP contribution < -0.4 is 10.5 Å². The van der Waals surface area contributed by atoms with Crippen molar-refractivity contribution in [3.8, 4) is 18.0 Å². The smallest absolute Gasteiger partial charge is 0.330 e. The van der Waals surface area contributed by atoms with Crippen molar-refractivity contribution >= 4 is 19.9 Å². The zero-order valence-corrected chi connectivity index (χ0v) is 32.7. The molecule has 53 heavy (non-hydrogen) atoms. The number of pyridine rings is 1. The van der Waals surface area contributed by atoms with Crippen LogP contribution >= 0.6 is 8.60 Å². The molecular weight excluding hydrogens is 693 g/mol. The maximum atomic E-state index is 10.6. The number of aromatic nitrogens is 4. The molecule has 0 radical (unpaired) electrons. The van der Waals surface area contributed by atoms with Crippen LogP contribution in [0.3, 0.4) is 0 Å². The highest BCUT2D eigenvalue weighted by atomic mass is 31.2. The number of rotatable bonds is 31. The van der Waals surface area contributed by atoms with Crippen molar-refractivity contribution in [3.05, 3.63) is 48.0 Å². The Balaban J connectivity index is 1.34. The van der Waals surface area contributed by atoms with Gasteiger partial charge in [0.1, 0.15) is 35.8 Å². The van der Waals surface area contributed by atoms with E-state index in [9.17, 15) is 15.4 Å². The van der Waals surface area contributed by atoms with Crippen LogP contribution in [-0.2, 0) is 24.9 Å². The van der Waals surface area contributed by atoms with Gasteiger partial charge in [0, 0.05) is 25.5 Å². The van der Waals surface area contributed by atoms with Crippen LogP contribution in [0.2, 0.25) is 0 Å². The van der Waals surface area contributed by atoms with Crippen LogP contribution in [0.15, 0.2) is 36.7 Å². The number of nitrogens with two attached hydrogens (primary N) is 1. The van der Waals surface area contributed by atoms with Crippen LogP contribution in [0.4, 0.5) is 5.82 Å². The van der Waals surface area contributed by atoms with Crippen LogP contribution in [0.1, 0.15) is 127 Å². The minimum absolute atomic E-state index is 0.0660. The Morgan fingerprint density at radius 2 is 1.55 bits per heavy atom. The van der Waals surface area contributed by atoms with Crippen molar-refractivity contribution in [2.45, 2.75) is 134 Å². The van der Waals surface area contributed by atoms with E-state index in [2.05, 4.69) is 28.1 Å². The van der Waals surface area contributed by atoms with Crippen molar-refractivity contribution in [3.63, 3.8) is 0 Å². The molecule has 0 aliphatic heterocycles. The van der Waals surface area contributed by atoms with Gasteiger partial charge in [-0.1, -0.05) is 109 Å². The van der Waals surface area contributed by atoms with Gasteiger partial charge in [-0.25, -0.2) is 14.5 Å². The summed E-state index contributed by atoms with van der Waals surface area (Å²) in [5.74, 6) is 0.608. The zero-order chi connectivity index (χ0) is 38.0. The zero-order valence-electron chi connectivity index (χ0n) is 31.8. The number of hydrogen-bond donors (Lipinski definition) is 2. The van der Waals surface area contributed by atoms with Gasteiger partial charge in [-0.3, -0.25) is 0 Å². The van der Waals surface area contributed by atoms with Gasteiger partial charge in [-0.15, -0.1) is 0 Å². The predicted molar refractivity (Wildman–Crippen MR) is 206 cm³/mol. The minimum Gasteiger partial charge on any atom is -0.469 e. The third-order valence-corrected chi connectivity index (χ3v) is 10.0. The fraction of sp³-hybridized carbons (Fsp3) is 0.667. The van der Waals surface area contributed by atoms with E-state index in [0.29, 0.717) is 24.4 Å². The second-order valence-electron chi connectivity index (χ2n) is 13.5. The molecule has 0 aliphatic carbocycles. The van der Waals surface area contributed by atoms with Crippen LogP contribution in [0.25, 0.3) is 5.52 Å². The van der Waals surface area contributed by atoms with Gasteiger partial charge in [0.2, 0.25) is 5.88 Å². The second kappa shape index (κ2) is 26.4. The molecule has 0 spiro atoms. The Kier molecular flexibility index (Phi) is 21.9. The molecule has 3 unspecified atom stereocenters. The van der Waals surface area contributed by atoms with Crippen LogP contribution in [0, 0.1) is 22.7 Å². The number of aryl methyl sites for hydroxylation is 1. The van der Waals surface area contributed by atoms with Crippen molar-refractivity contribution in [1.82, 2.24) is 19.6 Å². The topological polar surface area (TPSA) is 183 Å². The van der Waals surface area contributed by atoms with Crippen molar-refractivity contribution in [2.24, 2.45) is 0 Å². The summed E-state index contributed by atoms with van der Waals surface area (Å²) in [6.07, 6.45) is 22.3. The van der Waals surface area contributed by atoms with Crippen molar-refractivity contribution in [2.75, 3.05) is 39.3 Å². The van der Waals surface area contributed by atoms with Crippen molar-refractivity contribution in [1.29, 1.82) is 10.5 Å². The van der Waals surface area contributed by atoms with E-state index >= 15 is 0 Å². The third kappa shape index (κ3) is 17.1. The SMILES string of the molecule is CCCCCCCCCCCCCCCCCCOCC(COP(O)OCC(C#N)(CCc1ccc2c(N)ncnn12)OC)Oc1cccc(C#N)n1. The second-order valence-corrected chi connectivity index (χ2v) is 14.5. The standard InChI is InChI=1S/C39H60N7O6P/c1-3-4-5-6-7-8-9-10-11-12-13-14-15-16-17-18-26-49-28-35(52-37-21-19-20-33(27-40)45-37)29-50-53(47)51-31-39(30-41,48-2)25-24-34-22-23-36-38(42)43-32-44-46(34)36/h19-23,32,35,47H,3-18,24-26,28-29,31H2,1-2H3,(H2,42,43,44). The molecule has 14 heteroatoms. The van der Waals surface area contributed by atoms with Gasteiger partial charge < -0.3 is 33.9 Å². The summed E-state index contributed by atoms with van der Waals surface area (Å²) in [5, 5.41) is 23.5. The third-order valence-electron chi connectivity index (χ3n) is 9.29. The fourth-order valence-electron chi connectivity index (χ4n) is 6.03. The molecule has 0 saturated heterocycles. The van der Waals surface area contributed by atoms with Gasteiger partial charge in [-0.05, 0) is 37.5 Å². The lowest BCUT2D eigenvalue weighted by Crippen LogP contribution is -2.35. The molecule has 3 aromatic heterocycles. The number of hydrogen-bond acceptors (Lipinski definition) is 12. The van der Waals surface area contributed by atoms with Gasteiger partial charge in [0.05, 0.1) is 19.8 Å². The molecule has 3 atom stereocenters. The largest absolute Gasteiger partial charge is 0.469 e. The van der Waals surface area contributed by atoms with Gasteiger partial charge in [0.25, 0.3) is 0 Å². The molecule has 13 nitrogen and oxygen atoms in total. The Bertz CT molecular complexity index is 1520. The number of ether oxygens (including phenoxy) is 3. The van der Waals surface area contributed by atoms with Crippen LogP contribution in [0.5, 0.6) is 5.88 Å². The summed E-state index contributed by atoms with van der Waals surface area (Å²) in [6.45, 7) is 2.74. The molecular formula is C39H60N7O6P. The fourth-order valence-corrected chi connectivity index (χ4v) is 6.72. The monoisotopic (exact) mass is 753 g/mol. The maximum Gasteiger partial charge on any atom is 0.330 e. The molecule has 0 amide bonds. The van der Waals surface area contributed by atoms with E-state index in [1.54, 1.807) is 22.7 Å². The van der Waals surface area contributed by atoms with Gasteiger partial charge in [-0.2, -0.15) is 15.6 Å². The minimum atomic E-state index is -2.38. The summed E-state index contributed by atoms with van der Waals surface area (Å²) in [4.78, 5) is 18.8. The molecule has 0 aliphatic rings. The molecule has 292 valence electrons. The van der Waals surface area contributed by atoms with Crippen molar-refractivity contribution < 1.29 is 28.2 Å². The van der Waals surface area contributed by atoms with E-state index in [4.69, 9.17) is 29.0 Å². The number of unbranched alkanes of at least 4 members (excludes halogenated alkanes) is 15. The molecule has 3 heterocycles. The highest BCUT2D eigenvalue weighted by Crippen LogP contribution is 2.36. The first-order valence-electron chi connectivity index (χ1n) is 19.3. The maximum absolute atomic E-state index is 10.6. The van der Waals surface area contributed by atoms with E-state index in [0.717, 1.165) is 18.5 Å². The Labute approximate surface area is 317 Å². The number of nitrogen functional groups attached to an aromatic ring is 1. The lowest BCUT2D eigenvalue weighted by Gasteiger charge is -2.26. The lowest BCUT2D eigenvalue weighted by atomic mass is 9.99. The molecule has 0 saturated carbocycles. The Morgan fingerprint density at radius 3 is 2.17 bits per heavy atom. The first-order valence-corrected chi connectivity index (χ1v) is 20.5.